The van der Waals surface area contributed by atoms with Crippen molar-refractivity contribution in [3.8, 4) is 0 Å². The monoisotopic (exact) mass is 274 g/mol. The van der Waals surface area contributed by atoms with Gasteiger partial charge in [0.1, 0.15) is 0 Å². The topological polar surface area (TPSA) is 80.3 Å². The number of carboxylic acid groups (broad SMARTS) is 2. The summed E-state index contributed by atoms with van der Waals surface area (Å²) >= 11 is 0. The standard InChI is InChI=1S/C12H22O4.2Na/c1-2-3-4-5-6-7-8-9-10(11(13)14)12(15)16;;/h10H,2-9H2,1H3,(H,13,14)(H,15,16);;/q;2*+1/p-2. The molecule has 6 heteroatoms. The van der Waals surface area contributed by atoms with E-state index in [-0.39, 0.29) is 65.5 Å². The Bertz CT molecular complexity index is 208. The molecular weight excluding hydrogens is 254 g/mol. The molecule has 18 heavy (non-hydrogen) atoms. The third kappa shape index (κ3) is 13.4. The Morgan fingerprint density at radius 3 is 1.61 bits per heavy atom. The van der Waals surface area contributed by atoms with Crippen molar-refractivity contribution in [2.45, 2.75) is 58.3 Å². The van der Waals surface area contributed by atoms with E-state index in [9.17, 15) is 19.8 Å². The van der Waals surface area contributed by atoms with Crippen molar-refractivity contribution in [1.82, 2.24) is 0 Å². The van der Waals surface area contributed by atoms with Crippen LogP contribution < -0.4 is 69.3 Å². The first-order valence-corrected chi connectivity index (χ1v) is 6.01. The maximum atomic E-state index is 10.4. The van der Waals surface area contributed by atoms with E-state index in [2.05, 4.69) is 6.92 Å². The minimum atomic E-state index is -1.54. The van der Waals surface area contributed by atoms with E-state index in [0.29, 0.717) is 6.42 Å². The molecule has 0 rings (SSSR count). The summed E-state index contributed by atoms with van der Waals surface area (Å²) in [4.78, 5) is 20.8. The maximum absolute atomic E-state index is 10.4. The first-order chi connectivity index (χ1) is 7.59. The van der Waals surface area contributed by atoms with Gasteiger partial charge in [-0.2, -0.15) is 0 Å². The number of aliphatic carboxylic acids is 2. The minimum absolute atomic E-state index is 0. The van der Waals surface area contributed by atoms with Crippen LogP contribution in [0.15, 0.2) is 0 Å². The van der Waals surface area contributed by atoms with Crippen LogP contribution >= 0.6 is 0 Å². The van der Waals surface area contributed by atoms with E-state index in [1.165, 1.54) is 19.3 Å². The molecule has 0 fully saturated rings. The Kier molecular flexibility index (Phi) is 21.3. The second-order valence-electron chi connectivity index (χ2n) is 4.10. The summed E-state index contributed by atoms with van der Waals surface area (Å²) in [5.74, 6) is -4.52. The van der Waals surface area contributed by atoms with E-state index in [1.54, 1.807) is 0 Å². The molecule has 0 saturated carbocycles. The van der Waals surface area contributed by atoms with Gasteiger partial charge in [-0.1, -0.05) is 51.9 Å². The Hall–Kier alpha value is 0.940. The van der Waals surface area contributed by atoms with E-state index < -0.39 is 17.9 Å². The first kappa shape index (κ1) is 24.0. The SMILES string of the molecule is CCCCCCCCCC(C(=O)[O-])C(=O)[O-].[Na+].[Na+]. The minimum Gasteiger partial charge on any atom is -0.549 e. The molecule has 0 aliphatic heterocycles. The fourth-order valence-electron chi connectivity index (χ4n) is 1.64. The summed E-state index contributed by atoms with van der Waals surface area (Å²) in [6.45, 7) is 2.14. The summed E-state index contributed by atoms with van der Waals surface area (Å²) in [5, 5.41) is 20.8. The number of carboxylic acids is 2. The molecule has 0 heterocycles. The Labute approximate surface area is 153 Å². The van der Waals surface area contributed by atoms with Crippen molar-refractivity contribution in [1.29, 1.82) is 0 Å². The average Bonchev–Trinajstić information content (AvgIpc) is 2.21. The van der Waals surface area contributed by atoms with Gasteiger partial charge in [0.2, 0.25) is 0 Å². The zero-order valence-corrected chi connectivity index (χ0v) is 15.9. The van der Waals surface area contributed by atoms with Crippen molar-refractivity contribution in [2.24, 2.45) is 5.92 Å². The normalized spacial score (nSPS) is 9.44. The van der Waals surface area contributed by atoms with Gasteiger partial charge in [-0.15, -0.1) is 0 Å². The van der Waals surface area contributed by atoms with Crippen LogP contribution in [-0.4, -0.2) is 11.9 Å². The van der Waals surface area contributed by atoms with Crippen LogP contribution in [0.25, 0.3) is 0 Å². The third-order valence-corrected chi connectivity index (χ3v) is 2.67. The summed E-state index contributed by atoms with van der Waals surface area (Å²) in [6.07, 6.45) is 7.39. The fraction of sp³-hybridized carbons (Fsp3) is 0.833. The van der Waals surface area contributed by atoms with Crippen LogP contribution in [0, 0.1) is 5.92 Å². The van der Waals surface area contributed by atoms with E-state index >= 15 is 0 Å². The summed E-state index contributed by atoms with van der Waals surface area (Å²) in [7, 11) is 0. The molecule has 0 aromatic carbocycles. The van der Waals surface area contributed by atoms with Gasteiger partial charge in [0.15, 0.2) is 0 Å². The van der Waals surface area contributed by atoms with E-state index in [1.807, 2.05) is 0 Å². The predicted octanol–water partition coefficient (Wildman–Crippen LogP) is -5.75. The van der Waals surface area contributed by atoms with Gasteiger partial charge in [-0.05, 0) is 6.42 Å². The molecule has 0 bridgehead atoms. The van der Waals surface area contributed by atoms with Gasteiger partial charge in [0.05, 0.1) is 11.9 Å². The van der Waals surface area contributed by atoms with Crippen molar-refractivity contribution in [2.75, 3.05) is 0 Å². The molecule has 94 valence electrons. The summed E-state index contributed by atoms with van der Waals surface area (Å²) in [6, 6.07) is 0. The van der Waals surface area contributed by atoms with Crippen molar-refractivity contribution >= 4 is 11.9 Å². The molecule has 0 saturated heterocycles. The van der Waals surface area contributed by atoms with E-state index in [0.717, 1.165) is 19.3 Å². The van der Waals surface area contributed by atoms with Gasteiger partial charge < -0.3 is 19.8 Å². The Morgan fingerprint density at radius 1 is 0.833 bits per heavy atom. The molecule has 0 aromatic rings. The van der Waals surface area contributed by atoms with Gasteiger partial charge in [-0.3, -0.25) is 0 Å². The number of carbonyl (C=O) groups excluding carboxylic acids is 2. The predicted molar refractivity (Wildman–Crippen MR) is 56.1 cm³/mol. The van der Waals surface area contributed by atoms with Gasteiger partial charge in [0, 0.05) is 5.92 Å². The molecule has 0 aromatic heterocycles. The average molecular weight is 274 g/mol. The van der Waals surface area contributed by atoms with Crippen molar-refractivity contribution < 1.29 is 78.9 Å². The molecule has 0 unspecified atom stereocenters. The number of hydrogen-bond donors (Lipinski definition) is 0. The Morgan fingerprint density at radius 2 is 1.22 bits per heavy atom. The molecule has 0 amide bonds. The zero-order valence-electron chi connectivity index (χ0n) is 11.9. The van der Waals surface area contributed by atoms with Crippen LogP contribution in [0.3, 0.4) is 0 Å². The van der Waals surface area contributed by atoms with Crippen molar-refractivity contribution in [3.05, 3.63) is 0 Å². The Balaban J connectivity index is -0.00000112. The molecule has 0 spiro atoms. The number of carbonyl (C=O) groups is 2. The second-order valence-corrected chi connectivity index (χ2v) is 4.10. The van der Waals surface area contributed by atoms with Gasteiger partial charge in [-0.25, -0.2) is 0 Å². The molecule has 0 aliphatic rings. The van der Waals surface area contributed by atoms with E-state index in [4.69, 9.17) is 0 Å². The smallest absolute Gasteiger partial charge is 0.549 e. The van der Waals surface area contributed by atoms with Crippen LogP contribution in [-0.2, 0) is 9.59 Å². The third-order valence-electron chi connectivity index (χ3n) is 2.67. The van der Waals surface area contributed by atoms with Crippen LogP contribution in [0.4, 0.5) is 0 Å². The van der Waals surface area contributed by atoms with Crippen LogP contribution in [0.2, 0.25) is 0 Å². The van der Waals surface area contributed by atoms with Crippen LogP contribution in [0.5, 0.6) is 0 Å². The molecular formula is C12H20Na2O4. The van der Waals surface area contributed by atoms with Gasteiger partial charge >= 0.3 is 59.1 Å². The summed E-state index contributed by atoms with van der Waals surface area (Å²) < 4.78 is 0. The van der Waals surface area contributed by atoms with Crippen molar-refractivity contribution in [3.63, 3.8) is 0 Å². The van der Waals surface area contributed by atoms with Crippen LogP contribution in [0.1, 0.15) is 58.3 Å². The molecule has 0 radical (unpaired) electrons. The summed E-state index contributed by atoms with van der Waals surface area (Å²) in [5.41, 5.74) is 0. The molecule has 0 atom stereocenters. The molecule has 0 N–H and O–H groups in total. The maximum Gasteiger partial charge on any atom is 1.00 e. The quantitative estimate of drug-likeness (QED) is 0.226. The molecule has 0 aliphatic carbocycles. The zero-order chi connectivity index (χ0) is 12.4. The first-order valence-electron chi connectivity index (χ1n) is 6.01. The number of rotatable bonds is 10. The largest absolute Gasteiger partial charge is 1.00 e. The second kappa shape index (κ2) is 16.0. The number of hydrogen-bond acceptors (Lipinski definition) is 4. The fourth-order valence-corrected chi connectivity index (χ4v) is 1.64. The molecule has 4 nitrogen and oxygen atoms in total. The number of unbranched alkanes of at least 4 members (excludes halogenated alkanes) is 6. The van der Waals surface area contributed by atoms with Gasteiger partial charge in [0.25, 0.3) is 0 Å².